The second-order valence-corrected chi connectivity index (χ2v) is 3.70. The highest BCUT2D eigenvalue weighted by molar-refractivity contribution is 7.18. The molecule has 2 aromatic rings. The first-order valence-corrected chi connectivity index (χ1v) is 4.39. The average molecular weight is 191 g/mol. The molecule has 64 valence electrons. The summed E-state index contributed by atoms with van der Waals surface area (Å²) in [6.45, 7) is 1.98. The zero-order valence-corrected chi connectivity index (χ0v) is 7.62. The summed E-state index contributed by atoms with van der Waals surface area (Å²) in [7, 11) is 0. The molecule has 0 aliphatic rings. The van der Waals surface area contributed by atoms with Gasteiger partial charge < -0.3 is 0 Å². The van der Waals surface area contributed by atoms with Crippen molar-refractivity contribution in [2.24, 2.45) is 5.11 Å². The van der Waals surface area contributed by atoms with Gasteiger partial charge in [-0.05, 0) is 23.6 Å². The fourth-order valence-electron chi connectivity index (χ4n) is 1.09. The minimum absolute atomic E-state index is 0.400. The van der Waals surface area contributed by atoms with Crippen molar-refractivity contribution in [3.63, 3.8) is 0 Å². The zero-order valence-electron chi connectivity index (χ0n) is 6.80. The molecule has 2 heterocycles. The van der Waals surface area contributed by atoms with Gasteiger partial charge in [-0.25, -0.2) is 9.97 Å². The van der Waals surface area contributed by atoms with Crippen molar-refractivity contribution in [3.8, 4) is 0 Å². The van der Waals surface area contributed by atoms with Crippen LogP contribution in [0.5, 0.6) is 0 Å². The summed E-state index contributed by atoms with van der Waals surface area (Å²) >= 11 is 1.56. The van der Waals surface area contributed by atoms with Crippen molar-refractivity contribution in [3.05, 3.63) is 27.7 Å². The number of hydrogen-bond donors (Lipinski definition) is 0. The lowest BCUT2D eigenvalue weighted by atomic mass is 10.3. The third-order valence-corrected chi connectivity index (χ3v) is 2.53. The van der Waals surface area contributed by atoms with Crippen LogP contribution >= 0.6 is 11.3 Å². The first-order chi connectivity index (χ1) is 6.31. The Hall–Kier alpha value is -1.65. The lowest BCUT2D eigenvalue weighted by Crippen LogP contribution is -1.76. The van der Waals surface area contributed by atoms with Crippen LogP contribution in [0.3, 0.4) is 0 Å². The van der Waals surface area contributed by atoms with E-state index in [4.69, 9.17) is 5.53 Å². The highest BCUT2D eigenvalue weighted by Gasteiger charge is 2.04. The first-order valence-electron chi connectivity index (χ1n) is 3.57. The predicted octanol–water partition coefficient (Wildman–Crippen LogP) is 2.94. The van der Waals surface area contributed by atoms with Crippen molar-refractivity contribution in [2.75, 3.05) is 0 Å². The van der Waals surface area contributed by atoms with E-state index in [1.165, 1.54) is 6.33 Å². The van der Waals surface area contributed by atoms with Gasteiger partial charge in [-0.2, -0.15) is 0 Å². The summed E-state index contributed by atoms with van der Waals surface area (Å²) in [5, 5.41) is 4.31. The van der Waals surface area contributed by atoms with Gasteiger partial charge in [-0.1, -0.05) is 0 Å². The highest BCUT2D eigenvalue weighted by Crippen LogP contribution is 2.28. The van der Waals surface area contributed by atoms with Gasteiger partial charge in [-0.3, -0.25) is 0 Å². The molecule has 0 unspecified atom stereocenters. The number of fused-ring (bicyclic) bond motifs is 1. The van der Waals surface area contributed by atoms with Crippen LogP contribution in [0.15, 0.2) is 17.5 Å². The molecule has 0 saturated carbocycles. The Morgan fingerprint density at radius 1 is 1.54 bits per heavy atom. The molecule has 0 radical (unpaired) electrons. The summed E-state index contributed by atoms with van der Waals surface area (Å²) < 4.78 is 0. The smallest absolute Gasteiger partial charge is 0.138 e. The van der Waals surface area contributed by atoms with E-state index in [-0.39, 0.29) is 0 Å². The van der Waals surface area contributed by atoms with Gasteiger partial charge in [0.15, 0.2) is 0 Å². The Bertz CT molecular complexity index is 497. The number of azide groups is 1. The minimum Gasteiger partial charge on any atom is -0.234 e. The molecule has 0 spiro atoms. The first kappa shape index (κ1) is 7.97. The molecule has 0 aliphatic heterocycles. The fraction of sp³-hybridized carbons (Fsp3) is 0.143. The van der Waals surface area contributed by atoms with Crippen LogP contribution in [0.25, 0.3) is 20.7 Å². The minimum atomic E-state index is 0.400. The van der Waals surface area contributed by atoms with Gasteiger partial charge in [0.2, 0.25) is 0 Å². The SMILES string of the molecule is Cc1cc2c(N=[N+]=[N-])ncnc2s1. The van der Waals surface area contributed by atoms with Crippen LogP contribution in [0.2, 0.25) is 0 Å². The number of aryl methyl sites for hydroxylation is 1. The van der Waals surface area contributed by atoms with Gasteiger partial charge >= 0.3 is 0 Å². The van der Waals surface area contributed by atoms with Crippen molar-refractivity contribution < 1.29 is 0 Å². The van der Waals surface area contributed by atoms with Gasteiger partial charge in [0.05, 0.1) is 0 Å². The molecule has 6 heteroatoms. The predicted molar refractivity (Wildman–Crippen MR) is 51.0 cm³/mol. The summed E-state index contributed by atoms with van der Waals surface area (Å²) in [4.78, 5) is 12.6. The van der Waals surface area contributed by atoms with E-state index in [0.717, 1.165) is 15.1 Å². The molecule has 5 nitrogen and oxygen atoms in total. The van der Waals surface area contributed by atoms with Gasteiger partial charge in [0, 0.05) is 15.2 Å². The molecule has 0 aromatic carbocycles. The van der Waals surface area contributed by atoms with E-state index in [1.54, 1.807) is 11.3 Å². The van der Waals surface area contributed by atoms with Gasteiger partial charge in [0.1, 0.15) is 17.0 Å². The maximum atomic E-state index is 8.29. The molecule has 0 amide bonds. The van der Waals surface area contributed by atoms with E-state index < -0.39 is 0 Å². The van der Waals surface area contributed by atoms with Crippen LogP contribution in [-0.2, 0) is 0 Å². The Kier molecular flexibility index (Phi) is 1.84. The second-order valence-electron chi connectivity index (χ2n) is 2.46. The number of thiophene rings is 1. The van der Waals surface area contributed by atoms with Crippen LogP contribution in [-0.4, -0.2) is 9.97 Å². The van der Waals surface area contributed by atoms with Gasteiger partial charge in [0.25, 0.3) is 0 Å². The molecule has 0 saturated heterocycles. The molecule has 0 aliphatic carbocycles. The van der Waals surface area contributed by atoms with Crippen LogP contribution in [0, 0.1) is 6.92 Å². The molecule has 0 bridgehead atoms. The van der Waals surface area contributed by atoms with E-state index in [2.05, 4.69) is 20.0 Å². The Morgan fingerprint density at radius 2 is 2.38 bits per heavy atom. The Balaban J connectivity index is 2.81. The normalized spacial score (nSPS) is 9.92. The highest BCUT2D eigenvalue weighted by atomic mass is 32.1. The summed E-state index contributed by atoms with van der Waals surface area (Å²) in [5.41, 5.74) is 8.29. The fourth-order valence-corrected chi connectivity index (χ4v) is 1.93. The monoisotopic (exact) mass is 191 g/mol. The standard InChI is InChI=1S/C7H5N5S/c1-4-2-5-6(11-12-8)9-3-10-7(5)13-4/h2-3H,1H3. The third kappa shape index (κ3) is 1.32. The number of aromatic nitrogens is 2. The van der Waals surface area contributed by atoms with Crippen molar-refractivity contribution in [2.45, 2.75) is 6.92 Å². The average Bonchev–Trinajstić information content (AvgIpc) is 2.47. The molecular formula is C7H5N5S. The topological polar surface area (TPSA) is 74.5 Å². The molecular weight excluding hydrogens is 186 g/mol. The van der Waals surface area contributed by atoms with Crippen molar-refractivity contribution in [1.82, 2.24) is 9.97 Å². The van der Waals surface area contributed by atoms with E-state index in [1.807, 2.05) is 13.0 Å². The molecule has 2 rings (SSSR count). The lowest BCUT2D eigenvalue weighted by molar-refractivity contribution is 1.20. The molecule has 0 fully saturated rings. The van der Waals surface area contributed by atoms with E-state index in [0.29, 0.717) is 5.82 Å². The zero-order chi connectivity index (χ0) is 9.26. The molecule has 13 heavy (non-hydrogen) atoms. The molecule has 2 aromatic heterocycles. The van der Waals surface area contributed by atoms with Crippen LogP contribution < -0.4 is 0 Å². The van der Waals surface area contributed by atoms with Crippen LogP contribution in [0.1, 0.15) is 4.88 Å². The number of nitrogens with zero attached hydrogens (tertiary/aromatic N) is 5. The Morgan fingerprint density at radius 3 is 3.15 bits per heavy atom. The summed E-state index contributed by atoms with van der Waals surface area (Å²) in [5.74, 6) is 0.400. The van der Waals surface area contributed by atoms with E-state index in [9.17, 15) is 0 Å². The summed E-state index contributed by atoms with van der Waals surface area (Å²) in [6, 6.07) is 1.92. The van der Waals surface area contributed by atoms with Crippen molar-refractivity contribution >= 4 is 27.4 Å². The quantitative estimate of drug-likeness (QED) is 0.394. The summed E-state index contributed by atoms with van der Waals surface area (Å²) in [6.07, 6.45) is 1.41. The molecule has 0 atom stereocenters. The molecule has 0 N–H and O–H groups in total. The van der Waals surface area contributed by atoms with E-state index >= 15 is 0 Å². The number of hydrogen-bond acceptors (Lipinski definition) is 4. The lowest BCUT2D eigenvalue weighted by Gasteiger charge is -1.90. The third-order valence-electron chi connectivity index (χ3n) is 1.57. The Labute approximate surface area is 77.7 Å². The maximum absolute atomic E-state index is 8.29. The van der Waals surface area contributed by atoms with Gasteiger partial charge in [-0.15, -0.1) is 11.3 Å². The maximum Gasteiger partial charge on any atom is 0.138 e. The van der Waals surface area contributed by atoms with Crippen molar-refractivity contribution in [1.29, 1.82) is 0 Å². The van der Waals surface area contributed by atoms with Crippen LogP contribution in [0.4, 0.5) is 5.82 Å². The largest absolute Gasteiger partial charge is 0.234 e. The second kappa shape index (κ2) is 3.01. The number of rotatable bonds is 1.